The summed E-state index contributed by atoms with van der Waals surface area (Å²) in [6.45, 7) is 0.355. The van der Waals surface area contributed by atoms with E-state index in [4.69, 9.17) is 5.26 Å². The number of rotatable bonds is 6. The van der Waals surface area contributed by atoms with E-state index in [1.165, 1.54) is 6.20 Å². The van der Waals surface area contributed by atoms with Crippen molar-refractivity contribution in [3.05, 3.63) is 42.5 Å². The molecule has 0 saturated carbocycles. The van der Waals surface area contributed by atoms with Gasteiger partial charge >= 0.3 is 0 Å². The summed E-state index contributed by atoms with van der Waals surface area (Å²) in [7, 11) is -3.47. The molecule has 2 rings (SSSR count). The maximum atomic E-state index is 12.2. The fourth-order valence-corrected chi connectivity index (χ4v) is 3.20. The van der Waals surface area contributed by atoms with Crippen LogP contribution in [0.5, 0.6) is 0 Å². The Kier molecular flexibility index (Phi) is 4.48. The van der Waals surface area contributed by atoms with Gasteiger partial charge in [0.05, 0.1) is 24.1 Å². The summed E-state index contributed by atoms with van der Waals surface area (Å²) >= 11 is 0. The highest BCUT2D eigenvalue weighted by molar-refractivity contribution is 7.91. The van der Waals surface area contributed by atoms with Crippen LogP contribution in [0, 0.1) is 11.3 Å². The van der Waals surface area contributed by atoms with E-state index < -0.39 is 9.84 Å². The third kappa shape index (κ3) is 3.42. The second-order valence-corrected chi connectivity index (χ2v) is 6.24. The van der Waals surface area contributed by atoms with E-state index in [9.17, 15) is 8.42 Å². The summed E-state index contributed by atoms with van der Waals surface area (Å²) in [6.07, 6.45) is 5.27. The molecule has 0 aliphatic carbocycles. The number of sulfone groups is 1. The monoisotopic (exact) mass is 290 g/mol. The second kappa shape index (κ2) is 6.30. The summed E-state index contributed by atoms with van der Waals surface area (Å²) in [6, 6.07) is 7.41. The van der Waals surface area contributed by atoms with Gasteiger partial charge in [-0.1, -0.05) is 6.07 Å². The lowest BCUT2D eigenvalue weighted by atomic mass is 10.3. The molecule has 0 aromatic carbocycles. The molecule has 0 amide bonds. The van der Waals surface area contributed by atoms with Crippen LogP contribution in [0.3, 0.4) is 0 Å². The molecule has 7 heteroatoms. The first-order valence-electron chi connectivity index (χ1n) is 6.14. The van der Waals surface area contributed by atoms with Gasteiger partial charge in [0.2, 0.25) is 15.0 Å². The number of hydrogen-bond donors (Lipinski definition) is 0. The van der Waals surface area contributed by atoms with Gasteiger partial charge in [0, 0.05) is 25.0 Å². The average molecular weight is 290 g/mol. The first-order chi connectivity index (χ1) is 9.63. The molecule has 0 atom stereocenters. The fourth-order valence-electron chi connectivity index (χ4n) is 1.79. The lowest BCUT2D eigenvalue weighted by Gasteiger charge is -2.07. The van der Waals surface area contributed by atoms with Gasteiger partial charge in [-0.2, -0.15) is 5.26 Å². The van der Waals surface area contributed by atoms with Crippen molar-refractivity contribution in [1.82, 2.24) is 14.5 Å². The average Bonchev–Trinajstić information content (AvgIpc) is 2.89. The number of nitrogens with zero attached hydrogens (tertiary/aromatic N) is 4. The first-order valence-corrected chi connectivity index (χ1v) is 7.79. The lowest BCUT2D eigenvalue weighted by molar-refractivity contribution is 0.569. The van der Waals surface area contributed by atoms with Crippen molar-refractivity contribution in [2.75, 3.05) is 5.75 Å². The largest absolute Gasteiger partial charge is 0.316 e. The quantitative estimate of drug-likeness (QED) is 0.750. The van der Waals surface area contributed by atoms with Crippen LogP contribution in [-0.4, -0.2) is 28.7 Å². The van der Waals surface area contributed by atoms with E-state index in [-0.39, 0.29) is 17.3 Å². The summed E-state index contributed by atoms with van der Waals surface area (Å²) in [5.41, 5.74) is 0.763. The summed E-state index contributed by atoms with van der Waals surface area (Å²) in [5.74, 6) is -0.0697. The third-order valence-electron chi connectivity index (χ3n) is 2.72. The van der Waals surface area contributed by atoms with E-state index in [0.29, 0.717) is 13.0 Å². The highest BCUT2D eigenvalue weighted by Gasteiger charge is 2.20. The highest BCUT2D eigenvalue weighted by atomic mass is 32.2. The molecule has 20 heavy (non-hydrogen) atoms. The molecule has 0 unspecified atom stereocenters. The smallest absolute Gasteiger partial charge is 0.227 e. The van der Waals surface area contributed by atoms with E-state index in [1.807, 2.05) is 18.2 Å². The minimum atomic E-state index is -3.47. The van der Waals surface area contributed by atoms with Crippen molar-refractivity contribution in [3.8, 4) is 6.07 Å². The maximum Gasteiger partial charge on any atom is 0.227 e. The Morgan fingerprint density at radius 2 is 2.10 bits per heavy atom. The topological polar surface area (TPSA) is 88.6 Å². The van der Waals surface area contributed by atoms with Crippen LogP contribution in [0.4, 0.5) is 0 Å². The Hall–Kier alpha value is -2.20. The Bertz CT molecular complexity index is 701. The molecular formula is C13H14N4O2S. The first kappa shape index (κ1) is 14.2. The second-order valence-electron chi connectivity index (χ2n) is 4.24. The molecule has 0 fully saturated rings. The molecule has 104 valence electrons. The van der Waals surface area contributed by atoms with Gasteiger partial charge in [-0.15, -0.1) is 0 Å². The van der Waals surface area contributed by atoms with Gasteiger partial charge in [-0.05, 0) is 18.6 Å². The van der Waals surface area contributed by atoms with Crippen molar-refractivity contribution in [1.29, 1.82) is 5.26 Å². The zero-order chi connectivity index (χ0) is 14.4. The minimum Gasteiger partial charge on any atom is -0.316 e. The molecule has 0 aliphatic heterocycles. The van der Waals surface area contributed by atoms with Crippen molar-refractivity contribution in [3.63, 3.8) is 0 Å². The molecule has 2 heterocycles. The molecule has 0 bridgehead atoms. The summed E-state index contributed by atoms with van der Waals surface area (Å²) in [4.78, 5) is 8.09. The van der Waals surface area contributed by atoms with Gasteiger partial charge in [-0.3, -0.25) is 4.98 Å². The van der Waals surface area contributed by atoms with Crippen LogP contribution < -0.4 is 0 Å². The van der Waals surface area contributed by atoms with Crippen molar-refractivity contribution < 1.29 is 8.42 Å². The summed E-state index contributed by atoms with van der Waals surface area (Å²) in [5, 5.41) is 8.50. The van der Waals surface area contributed by atoms with Gasteiger partial charge < -0.3 is 4.57 Å². The van der Waals surface area contributed by atoms with Gasteiger partial charge in [0.15, 0.2) is 0 Å². The van der Waals surface area contributed by atoms with Gasteiger partial charge in [0.25, 0.3) is 0 Å². The Morgan fingerprint density at radius 3 is 2.80 bits per heavy atom. The fraction of sp³-hybridized carbons (Fsp3) is 0.308. The van der Waals surface area contributed by atoms with E-state index in [2.05, 4.69) is 9.97 Å². The number of hydrogen-bond acceptors (Lipinski definition) is 5. The van der Waals surface area contributed by atoms with Gasteiger partial charge in [-0.25, -0.2) is 13.4 Å². The Balaban J connectivity index is 2.18. The van der Waals surface area contributed by atoms with Crippen LogP contribution in [0.25, 0.3) is 0 Å². The Morgan fingerprint density at radius 1 is 1.25 bits per heavy atom. The lowest BCUT2D eigenvalue weighted by Crippen LogP contribution is -2.15. The predicted octanol–water partition coefficient (Wildman–Crippen LogP) is 1.40. The molecule has 2 aromatic rings. The van der Waals surface area contributed by atoms with Crippen LogP contribution >= 0.6 is 0 Å². The number of imidazole rings is 1. The standard InChI is InChI=1S/C13H14N4O2S/c14-6-2-4-10-20(18,19)13-16-8-9-17(13)11-12-5-1-3-7-15-12/h1,3,5,7-9H,2,4,10-11H2. The van der Waals surface area contributed by atoms with Crippen molar-refractivity contribution >= 4 is 9.84 Å². The number of aromatic nitrogens is 3. The van der Waals surface area contributed by atoms with Crippen LogP contribution in [0.2, 0.25) is 0 Å². The number of unbranched alkanes of at least 4 members (excludes halogenated alkanes) is 1. The molecule has 0 radical (unpaired) electrons. The summed E-state index contributed by atoms with van der Waals surface area (Å²) < 4.78 is 25.9. The molecule has 0 aliphatic rings. The maximum absolute atomic E-state index is 12.2. The normalized spacial score (nSPS) is 11.2. The highest BCUT2D eigenvalue weighted by Crippen LogP contribution is 2.12. The number of nitriles is 1. The van der Waals surface area contributed by atoms with E-state index in [0.717, 1.165) is 5.69 Å². The molecule has 6 nitrogen and oxygen atoms in total. The molecule has 0 saturated heterocycles. The minimum absolute atomic E-state index is 0.0288. The SMILES string of the molecule is N#CCCCS(=O)(=O)c1nccn1Cc1ccccn1. The van der Waals surface area contributed by atoms with Gasteiger partial charge in [0.1, 0.15) is 0 Å². The zero-order valence-corrected chi connectivity index (χ0v) is 11.6. The molecular weight excluding hydrogens is 276 g/mol. The predicted molar refractivity (Wildman–Crippen MR) is 72.5 cm³/mol. The zero-order valence-electron chi connectivity index (χ0n) is 10.8. The van der Waals surface area contributed by atoms with Crippen LogP contribution in [-0.2, 0) is 16.4 Å². The third-order valence-corrected chi connectivity index (χ3v) is 4.44. The van der Waals surface area contributed by atoms with E-state index in [1.54, 1.807) is 23.0 Å². The van der Waals surface area contributed by atoms with Crippen molar-refractivity contribution in [2.24, 2.45) is 0 Å². The molecule has 0 spiro atoms. The Labute approximate surface area is 117 Å². The number of pyridine rings is 1. The van der Waals surface area contributed by atoms with Crippen molar-refractivity contribution in [2.45, 2.75) is 24.5 Å². The molecule has 2 aromatic heterocycles. The van der Waals surface area contributed by atoms with Crippen LogP contribution in [0.15, 0.2) is 41.9 Å². The van der Waals surface area contributed by atoms with E-state index >= 15 is 0 Å². The molecule has 0 N–H and O–H groups in total. The van der Waals surface area contributed by atoms with Crippen LogP contribution in [0.1, 0.15) is 18.5 Å².